The molecule has 0 amide bonds. The van der Waals surface area contributed by atoms with Gasteiger partial charge in [-0.15, -0.1) is 0 Å². The molecule has 0 atom stereocenters. The van der Waals surface area contributed by atoms with Gasteiger partial charge in [-0.25, -0.2) is 4.39 Å². The van der Waals surface area contributed by atoms with Crippen LogP contribution in [-0.2, 0) is 6.54 Å². The number of rotatable bonds is 3. The van der Waals surface area contributed by atoms with Crippen molar-refractivity contribution in [3.8, 4) is 6.07 Å². The highest BCUT2D eigenvalue weighted by Crippen LogP contribution is 2.14. The van der Waals surface area contributed by atoms with E-state index in [-0.39, 0.29) is 5.82 Å². The molecule has 0 saturated carbocycles. The average Bonchev–Trinajstić information content (AvgIpc) is 2.57. The van der Waals surface area contributed by atoms with Crippen LogP contribution >= 0.6 is 0 Å². The fourth-order valence-electron chi connectivity index (χ4n) is 2.90. The highest BCUT2D eigenvalue weighted by atomic mass is 19.1. The van der Waals surface area contributed by atoms with Crippen molar-refractivity contribution in [2.45, 2.75) is 6.54 Å². The number of nitriles is 1. The molecule has 0 aromatic heterocycles. The zero-order valence-corrected chi connectivity index (χ0v) is 12.4. The molecule has 1 heterocycles. The standard InChI is InChI=1S/C18H18FN3/c19-17-5-7-18(8-6-17)22-11-9-21(10-12-22)14-16-3-1-15(13-20)2-4-16/h1-8H,9-12,14H2/p+1. The van der Waals surface area contributed by atoms with Gasteiger partial charge in [-0.05, 0) is 36.4 Å². The van der Waals surface area contributed by atoms with E-state index in [4.69, 9.17) is 5.26 Å². The number of hydrogen-bond acceptors (Lipinski definition) is 2. The molecule has 0 radical (unpaired) electrons. The van der Waals surface area contributed by atoms with Gasteiger partial charge in [-0.1, -0.05) is 12.1 Å². The van der Waals surface area contributed by atoms with Crippen LogP contribution in [-0.4, -0.2) is 26.2 Å². The molecular formula is C18H19FN3+. The molecule has 1 aliphatic heterocycles. The van der Waals surface area contributed by atoms with E-state index in [0.29, 0.717) is 5.56 Å². The number of halogens is 1. The Morgan fingerprint density at radius 1 is 1.00 bits per heavy atom. The second kappa shape index (κ2) is 6.59. The van der Waals surface area contributed by atoms with Gasteiger partial charge in [-0.2, -0.15) is 5.26 Å². The Labute approximate surface area is 130 Å². The first-order valence-corrected chi connectivity index (χ1v) is 7.58. The van der Waals surface area contributed by atoms with Crippen molar-refractivity contribution in [2.75, 3.05) is 31.1 Å². The maximum atomic E-state index is 13.0. The minimum atomic E-state index is -0.186. The molecule has 0 spiro atoms. The smallest absolute Gasteiger partial charge is 0.123 e. The predicted octanol–water partition coefficient (Wildman–Crippen LogP) is 1.60. The third-order valence-electron chi connectivity index (χ3n) is 4.20. The Kier molecular flexibility index (Phi) is 4.36. The van der Waals surface area contributed by atoms with Crippen LogP contribution < -0.4 is 9.80 Å². The van der Waals surface area contributed by atoms with E-state index >= 15 is 0 Å². The normalized spacial score (nSPS) is 15.5. The van der Waals surface area contributed by atoms with Crippen molar-refractivity contribution in [1.82, 2.24) is 0 Å². The zero-order chi connectivity index (χ0) is 15.4. The minimum Gasteiger partial charge on any atom is -0.360 e. The van der Waals surface area contributed by atoms with Gasteiger partial charge in [0.25, 0.3) is 0 Å². The van der Waals surface area contributed by atoms with E-state index in [1.165, 1.54) is 17.7 Å². The van der Waals surface area contributed by atoms with Crippen LogP contribution in [0.15, 0.2) is 48.5 Å². The molecule has 1 aliphatic rings. The summed E-state index contributed by atoms with van der Waals surface area (Å²) >= 11 is 0. The predicted molar refractivity (Wildman–Crippen MR) is 84.2 cm³/mol. The molecule has 1 fully saturated rings. The monoisotopic (exact) mass is 296 g/mol. The molecule has 112 valence electrons. The van der Waals surface area contributed by atoms with Crippen molar-refractivity contribution < 1.29 is 9.29 Å². The summed E-state index contributed by atoms with van der Waals surface area (Å²) in [4.78, 5) is 3.85. The first-order chi connectivity index (χ1) is 10.7. The van der Waals surface area contributed by atoms with Gasteiger partial charge >= 0.3 is 0 Å². The van der Waals surface area contributed by atoms with Gasteiger partial charge in [0.2, 0.25) is 0 Å². The largest absolute Gasteiger partial charge is 0.360 e. The molecule has 0 aliphatic carbocycles. The minimum absolute atomic E-state index is 0.186. The number of piperazine rings is 1. The number of benzene rings is 2. The Bertz CT molecular complexity index is 650. The summed E-state index contributed by atoms with van der Waals surface area (Å²) in [5.74, 6) is -0.186. The van der Waals surface area contributed by atoms with Crippen LogP contribution in [0.4, 0.5) is 10.1 Å². The molecule has 1 saturated heterocycles. The number of anilines is 1. The van der Waals surface area contributed by atoms with Gasteiger partial charge in [-0.3, -0.25) is 0 Å². The van der Waals surface area contributed by atoms with Gasteiger partial charge in [0, 0.05) is 11.3 Å². The van der Waals surface area contributed by atoms with Crippen LogP contribution in [0.3, 0.4) is 0 Å². The Hall–Kier alpha value is -2.38. The van der Waals surface area contributed by atoms with Gasteiger partial charge in [0.15, 0.2) is 0 Å². The maximum absolute atomic E-state index is 13.0. The van der Waals surface area contributed by atoms with Crippen LogP contribution in [0.5, 0.6) is 0 Å². The first kappa shape index (κ1) is 14.6. The van der Waals surface area contributed by atoms with E-state index in [9.17, 15) is 4.39 Å². The summed E-state index contributed by atoms with van der Waals surface area (Å²) in [6.07, 6.45) is 0. The summed E-state index contributed by atoms with van der Waals surface area (Å²) in [6, 6.07) is 16.7. The van der Waals surface area contributed by atoms with E-state index in [1.807, 2.05) is 36.4 Å². The quantitative estimate of drug-likeness (QED) is 0.933. The van der Waals surface area contributed by atoms with Crippen molar-refractivity contribution >= 4 is 5.69 Å². The Morgan fingerprint density at radius 2 is 1.64 bits per heavy atom. The second-order valence-corrected chi connectivity index (χ2v) is 5.70. The third kappa shape index (κ3) is 3.44. The Morgan fingerprint density at radius 3 is 2.23 bits per heavy atom. The summed E-state index contributed by atoms with van der Waals surface area (Å²) in [5.41, 5.74) is 3.07. The fraction of sp³-hybridized carbons (Fsp3) is 0.278. The summed E-state index contributed by atoms with van der Waals surface area (Å²) in [5, 5.41) is 8.82. The van der Waals surface area contributed by atoms with Crippen molar-refractivity contribution in [3.63, 3.8) is 0 Å². The van der Waals surface area contributed by atoms with Crippen molar-refractivity contribution in [2.24, 2.45) is 0 Å². The van der Waals surface area contributed by atoms with Gasteiger partial charge in [0.1, 0.15) is 12.4 Å². The summed E-state index contributed by atoms with van der Waals surface area (Å²) < 4.78 is 13.0. The fourth-order valence-corrected chi connectivity index (χ4v) is 2.90. The average molecular weight is 296 g/mol. The highest BCUT2D eigenvalue weighted by Gasteiger charge is 2.20. The third-order valence-corrected chi connectivity index (χ3v) is 4.20. The molecule has 2 aromatic carbocycles. The van der Waals surface area contributed by atoms with E-state index in [0.717, 1.165) is 38.4 Å². The SMILES string of the molecule is N#Cc1ccc(C[NH+]2CCN(c3ccc(F)cc3)CC2)cc1. The van der Waals surface area contributed by atoms with Crippen molar-refractivity contribution in [1.29, 1.82) is 5.26 Å². The van der Waals surface area contributed by atoms with Crippen LogP contribution in [0.1, 0.15) is 11.1 Å². The maximum Gasteiger partial charge on any atom is 0.123 e. The lowest BCUT2D eigenvalue weighted by Gasteiger charge is -2.33. The molecule has 3 rings (SSSR count). The summed E-state index contributed by atoms with van der Waals surface area (Å²) in [6.45, 7) is 5.09. The molecule has 1 N–H and O–H groups in total. The van der Waals surface area contributed by atoms with Gasteiger partial charge in [0.05, 0.1) is 37.8 Å². The first-order valence-electron chi connectivity index (χ1n) is 7.58. The second-order valence-electron chi connectivity index (χ2n) is 5.70. The topological polar surface area (TPSA) is 31.5 Å². The number of nitrogens with one attached hydrogen (secondary N) is 1. The number of quaternary nitrogens is 1. The number of nitrogens with zero attached hydrogens (tertiary/aromatic N) is 2. The van der Waals surface area contributed by atoms with E-state index < -0.39 is 0 Å². The molecule has 0 unspecified atom stereocenters. The molecule has 4 heteroatoms. The van der Waals surface area contributed by atoms with Crippen LogP contribution in [0.25, 0.3) is 0 Å². The Balaban J connectivity index is 1.55. The van der Waals surface area contributed by atoms with E-state index in [2.05, 4.69) is 11.0 Å². The lowest BCUT2D eigenvalue weighted by atomic mass is 10.1. The van der Waals surface area contributed by atoms with Gasteiger partial charge < -0.3 is 9.80 Å². The molecule has 2 aromatic rings. The van der Waals surface area contributed by atoms with Crippen LogP contribution in [0.2, 0.25) is 0 Å². The lowest BCUT2D eigenvalue weighted by Crippen LogP contribution is -3.13. The molecule has 0 bridgehead atoms. The van der Waals surface area contributed by atoms with Crippen molar-refractivity contribution in [3.05, 3.63) is 65.5 Å². The highest BCUT2D eigenvalue weighted by molar-refractivity contribution is 5.46. The molecule has 3 nitrogen and oxygen atoms in total. The van der Waals surface area contributed by atoms with Crippen LogP contribution in [0, 0.1) is 17.1 Å². The summed E-state index contributed by atoms with van der Waals surface area (Å²) in [7, 11) is 0. The lowest BCUT2D eigenvalue weighted by molar-refractivity contribution is -0.914. The molecule has 22 heavy (non-hydrogen) atoms. The number of hydrogen-bond donors (Lipinski definition) is 1. The van der Waals surface area contributed by atoms with E-state index in [1.54, 1.807) is 4.90 Å². The molecular weight excluding hydrogens is 277 g/mol. The zero-order valence-electron chi connectivity index (χ0n) is 12.4.